The number of benzene rings is 1. The van der Waals surface area contributed by atoms with Crippen molar-refractivity contribution in [3.8, 4) is 11.5 Å². The molecule has 0 aliphatic carbocycles. The molecule has 2 aromatic rings. The van der Waals surface area contributed by atoms with Crippen molar-refractivity contribution in [3.05, 3.63) is 42.5 Å². The third-order valence-corrected chi connectivity index (χ3v) is 2.75. The molecule has 0 aliphatic heterocycles. The Kier molecular flexibility index (Phi) is 5.63. The Morgan fingerprint density at radius 1 is 1.29 bits per heavy atom. The van der Waals surface area contributed by atoms with Crippen molar-refractivity contribution in [1.29, 1.82) is 0 Å². The Hall–Kier alpha value is -2.50. The number of carbonyl (C=O) groups is 1. The molecule has 0 bridgehead atoms. The molecule has 1 heterocycles. The fraction of sp³-hybridized carbons (Fsp3) is 0.333. The lowest BCUT2D eigenvalue weighted by atomic mass is 10.3. The normalized spacial score (nSPS) is 10.1. The van der Waals surface area contributed by atoms with E-state index in [4.69, 9.17) is 9.47 Å². The molecule has 0 unspecified atom stereocenters. The van der Waals surface area contributed by atoms with Crippen molar-refractivity contribution in [3.63, 3.8) is 0 Å². The summed E-state index contributed by atoms with van der Waals surface area (Å²) >= 11 is 0. The van der Waals surface area contributed by atoms with Gasteiger partial charge >= 0.3 is 0 Å². The second-order valence-electron chi connectivity index (χ2n) is 4.30. The Bertz CT molecular complexity index is 555. The molecule has 0 saturated carbocycles. The van der Waals surface area contributed by atoms with Crippen LogP contribution in [0.3, 0.4) is 0 Å². The van der Waals surface area contributed by atoms with Crippen LogP contribution in [0.2, 0.25) is 0 Å². The van der Waals surface area contributed by atoms with E-state index < -0.39 is 0 Å². The number of aromatic nitrogens is 2. The van der Waals surface area contributed by atoms with E-state index in [0.717, 1.165) is 5.82 Å². The summed E-state index contributed by atoms with van der Waals surface area (Å²) in [7, 11) is 0. The zero-order valence-corrected chi connectivity index (χ0v) is 12.0. The smallest absolute Gasteiger partial charge is 0.257 e. The third-order valence-electron chi connectivity index (χ3n) is 2.75. The number of ether oxygens (including phenoxy) is 2. The quantitative estimate of drug-likeness (QED) is 0.773. The van der Waals surface area contributed by atoms with Crippen LogP contribution in [0.25, 0.3) is 0 Å². The topological polar surface area (TPSA) is 76.2 Å². The van der Waals surface area contributed by atoms with Crippen molar-refractivity contribution in [2.45, 2.75) is 13.3 Å². The van der Waals surface area contributed by atoms with Gasteiger partial charge in [0.1, 0.15) is 5.82 Å². The number of carbonyl (C=O) groups excluding carboxylic acids is 1. The number of para-hydroxylation sites is 2. The van der Waals surface area contributed by atoms with E-state index in [1.165, 1.54) is 0 Å². The van der Waals surface area contributed by atoms with Crippen LogP contribution in [-0.4, -0.2) is 35.6 Å². The molecule has 0 aliphatic rings. The monoisotopic (exact) mass is 289 g/mol. The van der Waals surface area contributed by atoms with Gasteiger partial charge in [0.05, 0.1) is 6.61 Å². The van der Waals surface area contributed by atoms with E-state index in [0.29, 0.717) is 31.1 Å². The number of hydrogen-bond acceptors (Lipinski definition) is 4. The molecule has 1 amide bonds. The van der Waals surface area contributed by atoms with E-state index >= 15 is 0 Å². The second-order valence-corrected chi connectivity index (χ2v) is 4.30. The molecule has 2 rings (SSSR count). The van der Waals surface area contributed by atoms with Gasteiger partial charge in [0.15, 0.2) is 18.1 Å². The van der Waals surface area contributed by atoms with Gasteiger partial charge in [-0.15, -0.1) is 0 Å². The number of nitrogens with one attached hydrogen (secondary N) is 2. The maximum absolute atomic E-state index is 11.7. The number of imidazole rings is 1. The molecule has 1 aromatic heterocycles. The predicted molar refractivity (Wildman–Crippen MR) is 78.4 cm³/mol. The molecule has 6 heteroatoms. The first-order chi connectivity index (χ1) is 10.3. The van der Waals surface area contributed by atoms with Crippen LogP contribution in [0.4, 0.5) is 0 Å². The van der Waals surface area contributed by atoms with Crippen molar-refractivity contribution in [1.82, 2.24) is 15.3 Å². The predicted octanol–water partition coefficient (Wildman–Crippen LogP) is 1.55. The van der Waals surface area contributed by atoms with E-state index in [-0.39, 0.29) is 12.5 Å². The summed E-state index contributed by atoms with van der Waals surface area (Å²) in [5.41, 5.74) is 0. The zero-order chi connectivity index (χ0) is 14.9. The van der Waals surface area contributed by atoms with Gasteiger partial charge in [-0.3, -0.25) is 4.79 Å². The van der Waals surface area contributed by atoms with Crippen LogP contribution in [0.5, 0.6) is 11.5 Å². The summed E-state index contributed by atoms with van der Waals surface area (Å²) < 4.78 is 10.9. The minimum Gasteiger partial charge on any atom is -0.490 e. The van der Waals surface area contributed by atoms with Gasteiger partial charge in [0.2, 0.25) is 0 Å². The Morgan fingerprint density at radius 3 is 2.71 bits per heavy atom. The number of rotatable bonds is 8. The molecule has 0 atom stereocenters. The first kappa shape index (κ1) is 14.9. The summed E-state index contributed by atoms with van der Waals surface area (Å²) in [5, 5.41) is 2.78. The molecule has 1 aromatic carbocycles. The lowest BCUT2D eigenvalue weighted by Crippen LogP contribution is -2.30. The molecule has 0 fully saturated rings. The van der Waals surface area contributed by atoms with E-state index in [2.05, 4.69) is 15.3 Å². The molecule has 0 saturated heterocycles. The van der Waals surface area contributed by atoms with Gasteiger partial charge in [-0.1, -0.05) is 12.1 Å². The van der Waals surface area contributed by atoms with Gasteiger partial charge in [0.25, 0.3) is 5.91 Å². The third kappa shape index (κ3) is 4.83. The molecule has 112 valence electrons. The fourth-order valence-electron chi connectivity index (χ4n) is 1.79. The standard InChI is InChI=1S/C15H19N3O3/c1-2-20-12-5-3-4-6-13(12)21-11-15(19)18-8-7-14-16-9-10-17-14/h3-6,9-10H,2,7-8,11H2,1H3,(H,16,17)(H,18,19). The minimum atomic E-state index is -0.173. The van der Waals surface area contributed by atoms with Crippen molar-refractivity contribution < 1.29 is 14.3 Å². The number of aromatic amines is 1. The molecule has 21 heavy (non-hydrogen) atoms. The lowest BCUT2D eigenvalue weighted by molar-refractivity contribution is -0.123. The Morgan fingerprint density at radius 2 is 2.05 bits per heavy atom. The van der Waals surface area contributed by atoms with Crippen LogP contribution >= 0.6 is 0 Å². The Labute approximate surface area is 123 Å². The minimum absolute atomic E-state index is 0.0394. The zero-order valence-electron chi connectivity index (χ0n) is 12.0. The molecule has 2 N–H and O–H groups in total. The first-order valence-electron chi connectivity index (χ1n) is 6.89. The number of hydrogen-bond donors (Lipinski definition) is 2. The largest absolute Gasteiger partial charge is 0.490 e. The van der Waals surface area contributed by atoms with Crippen molar-refractivity contribution >= 4 is 5.91 Å². The first-order valence-corrected chi connectivity index (χ1v) is 6.89. The average Bonchev–Trinajstić information content (AvgIpc) is 3.00. The van der Waals surface area contributed by atoms with Crippen LogP contribution in [0, 0.1) is 0 Å². The van der Waals surface area contributed by atoms with Crippen LogP contribution in [0.15, 0.2) is 36.7 Å². The summed E-state index contributed by atoms with van der Waals surface area (Å²) in [5.74, 6) is 1.88. The maximum atomic E-state index is 11.7. The van der Waals surface area contributed by atoms with Crippen molar-refractivity contribution in [2.24, 2.45) is 0 Å². The van der Waals surface area contributed by atoms with Gasteiger partial charge in [0, 0.05) is 25.4 Å². The average molecular weight is 289 g/mol. The maximum Gasteiger partial charge on any atom is 0.257 e. The fourth-order valence-corrected chi connectivity index (χ4v) is 1.79. The van der Waals surface area contributed by atoms with Crippen molar-refractivity contribution in [2.75, 3.05) is 19.8 Å². The summed E-state index contributed by atoms with van der Waals surface area (Å²) in [6.07, 6.45) is 4.10. The highest BCUT2D eigenvalue weighted by atomic mass is 16.5. The lowest BCUT2D eigenvalue weighted by Gasteiger charge is -2.11. The van der Waals surface area contributed by atoms with E-state index in [1.54, 1.807) is 18.5 Å². The van der Waals surface area contributed by atoms with E-state index in [1.807, 2.05) is 25.1 Å². The van der Waals surface area contributed by atoms with E-state index in [9.17, 15) is 4.79 Å². The van der Waals surface area contributed by atoms with Gasteiger partial charge in [-0.2, -0.15) is 0 Å². The highest BCUT2D eigenvalue weighted by molar-refractivity contribution is 5.77. The molecular weight excluding hydrogens is 270 g/mol. The molecule has 0 radical (unpaired) electrons. The van der Waals surface area contributed by atoms with Gasteiger partial charge in [-0.05, 0) is 19.1 Å². The number of H-pyrrole nitrogens is 1. The number of nitrogens with zero attached hydrogens (tertiary/aromatic N) is 1. The Balaban J connectivity index is 1.73. The molecular formula is C15H19N3O3. The molecule has 0 spiro atoms. The van der Waals surface area contributed by atoms with Crippen LogP contribution in [0.1, 0.15) is 12.7 Å². The summed E-state index contributed by atoms with van der Waals surface area (Å²) in [6, 6.07) is 7.29. The SMILES string of the molecule is CCOc1ccccc1OCC(=O)NCCc1ncc[nH]1. The second kappa shape index (κ2) is 7.94. The van der Waals surface area contributed by atoms with Crippen LogP contribution in [-0.2, 0) is 11.2 Å². The van der Waals surface area contributed by atoms with Gasteiger partial charge < -0.3 is 19.8 Å². The highest BCUT2D eigenvalue weighted by Crippen LogP contribution is 2.26. The highest BCUT2D eigenvalue weighted by Gasteiger charge is 2.07. The van der Waals surface area contributed by atoms with Crippen LogP contribution < -0.4 is 14.8 Å². The molecule has 6 nitrogen and oxygen atoms in total. The number of amides is 1. The summed E-state index contributed by atoms with van der Waals surface area (Å²) in [4.78, 5) is 18.8. The van der Waals surface area contributed by atoms with Gasteiger partial charge in [-0.25, -0.2) is 4.98 Å². The summed E-state index contributed by atoms with van der Waals surface area (Å²) in [6.45, 7) is 2.93.